The molecule has 0 saturated carbocycles. The van der Waals surface area contributed by atoms with E-state index in [1.807, 2.05) is 6.20 Å². The van der Waals surface area contributed by atoms with Crippen molar-refractivity contribution in [3.05, 3.63) is 17.8 Å². The molecule has 0 unspecified atom stereocenters. The SMILES string of the molecule is CC(=O)N1CCc2c(N3CCNC(C)(C)C3)ccnc21. The first-order chi connectivity index (χ1) is 9.48. The Labute approximate surface area is 120 Å². The molecule has 20 heavy (non-hydrogen) atoms. The molecule has 1 saturated heterocycles. The number of hydrogen-bond acceptors (Lipinski definition) is 4. The molecule has 3 rings (SSSR count). The van der Waals surface area contributed by atoms with Crippen LogP contribution in [-0.4, -0.2) is 42.6 Å². The summed E-state index contributed by atoms with van der Waals surface area (Å²) < 4.78 is 0. The summed E-state index contributed by atoms with van der Waals surface area (Å²) >= 11 is 0. The van der Waals surface area contributed by atoms with Gasteiger partial charge in [-0.25, -0.2) is 4.98 Å². The van der Waals surface area contributed by atoms with Crippen molar-refractivity contribution < 1.29 is 4.79 Å². The molecular weight excluding hydrogens is 252 g/mol. The molecule has 0 spiro atoms. The summed E-state index contributed by atoms with van der Waals surface area (Å²) in [6.45, 7) is 9.77. The quantitative estimate of drug-likeness (QED) is 0.835. The van der Waals surface area contributed by atoms with Crippen LogP contribution in [-0.2, 0) is 11.2 Å². The minimum absolute atomic E-state index is 0.0778. The maximum Gasteiger partial charge on any atom is 0.225 e. The minimum Gasteiger partial charge on any atom is -0.368 e. The number of carbonyl (C=O) groups excluding carboxylic acids is 1. The van der Waals surface area contributed by atoms with E-state index in [0.717, 1.165) is 38.4 Å². The van der Waals surface area contributed by atoms with Crippen LogP contribution in [0, 0.1) is 0 Å². The Morgan fingerprint density at radius 3 is 2.90 bits per heavy atom. The summed E-state index contributed by atoms with van der Waals surface area (Å²) in [5.74, 6) is 0.931. The maximum atomic E-state index is 11.7. The molecule has 2 aliphatic heterocycles. The molecule has 5 nitrogen and oxygen atoms in total. The van der Waals surface area contributed by atoms with Gasteiger partial charge in [0.05, 0.1) is 0 Å². The fourth-order valence-electron chi connectivity index (χ4n) is 3.22. The standard InChI is InChI=1S/C15H22N4O/c1-11(20)19-8-5-12-13(4-6-16-14(12)19)18-9-7-17-15(2,3)10-18/h4,6,17H,5,7-10H2,1-3H3. The van der Waals surface area contributed by atoms with Crippen LogP contribution in [0.1, 0.15) is 26.3 Å². The Bertz CT molecular complexity index is 541. The molecule has 5 heteroatoms. The number of rotatable bonds is 1. The van der Waals surface area contributed by atoms with Crippen LogP contribution in [0.4, 0.5) is 11.5 Å². The molecule has 2 aliphatic rings. The third-order valence-electron chi connectivity index (χ3n) is 4.14. The molecule has 1 amide bonds. The maximum absolute atomic E-state index is 11.7. The van der Waals surface area contributed by atoms with Gasteiger partial charge in [0.1, 0.15) is 5.82 Å². The van der Waals surface area contributed by atoms with Gasteiger partial charge in [-0.3, -0.25) is 9.69 Å². The van der Waals surface area contributed by atoms with Crippen LogP contribution >= 0.6 is 0 Å². The number of amides is 1. The summed E-state index contributed by atoms with van der Waals surface area (Å²) in [4.78, 5) is 20.3. The van der Waals surface area contributed by atoms with Crippen molar-refractivity contribution in [3.63, 3.8) is 0 Å². The van der Waals surface area contributed by atoms with Gasteiger partial charge >= 0.3 is 0 Å². The summed E-state index contributed by atoms with van der Waals surface area (Å²) in [6.07, 6.45) is 2.73. The van der Waals surface area contributed by atoms with Crippen molar-refractivity contribution in [1.29, 1.82) is 0 Å². The van der Waals surface area contributed by atoms with Gasteiger partial charge < -0.3 is 10.2 Å². The highest BCUT2D eigenvalue weighted by molar-refractivity contribution is 5.93. The summed E-state index contributed by atoms with van der Waals surface area (Å²) in [5.41, 5.74) is 2.58. The molecular formula is C15H22N4O. The Hall–Kier alpha value is -1.62. The number of carbonyl (C=O) groups is 1. The molecule has 1 aromatic heterocycles. The molecule has 0 aromatic carbocycles. The number of pyridine rings is 1. The Morgan fingerprint density at radius 2 is 2.20 bits per heavy atom. The second-order valence-electron chi connectivity index (χ2n) is 6.29. The second kappa shape index (κ2) is 4.74. The average Bonchev–Trinajstić information content (AvgIpc) is 2.81. The van der Waals surface area contributed by atoms with Crippen molar-refractivity contribution in [2.24, 2.45) is 0 Å². The Balaban J connectivity index is 1.94. The lowest BCUT2D eigenvalue weighted by molar-refractivity contribution is -0.116. The Kier molecular flexibility index (Phi) is 3.17. The van der Waals surface area contributed by atoms with Crippen molar-refractivity contribution in [3.8, 4) is 0 Å². The predicted molar refractivity (Wildman–Crippen MR) is 80.3 cm³/mol. The van der Waals surface area contributed by atoms with E-state index in [-0.39, 0.29) is 11.4 Å². The van der Waals surface area contributed by atoms with Gasteiger partial charge in [-0.05, 0) is 26.3 Å². The highest BCUT2D eigenvalue weighted by Crippen LogP contribution is 2.34. The van der Waals surface area contributed by atoms with Gasteiger partial charge in [0.15, 0.2) is 0 Å². The van der Waals surface area contributed by atoms with E-state index in [1.165, 1.54) is 11.3 Å². The molecule has 1 N–H and O–H groups in total. The van der Waals surface area contributed by atoms with Gasteiger partial charge in [0, 0.05) is 56.1 Å². The van der Waals surface area contributed by atoms with Crippen molar-refractivity contribution in [2.75, 3.05) is 36.0 Å². The van der Waals surface area contributed by atoms with Crippen LogP contribution in [0.2, 0.25) is 0 Å². The third kappa shape index (κ3) is 2.26. The number of anilines is 2. The molecule has 0 aliphatic carbocycles. The predicted octanol–water partition coefficient (Wildman–Crippen LogP) is 1.18. The summed E-state index contributed by atoms with van der Waals surface area (Å²) in [7, 11) is 0. The van der Waals surface area contributed by atoms with E-state index in [0.29, 0.717) is 0 Å². The van der Waals surface area contributed by atoms with E-state index in [2.05, 4.69) is 35.1 Å². The normalized spacial score (nSPS) is 20.9. The van der Waals surface area contributed by atoms with Crippen LogP contribution < -0.4 is 15.1 Å². The van der Waals surface area contributed by atoms with E-state index in [1.54, 1.807) is 11.8 Å². The summed E-state index contributed by atoms with van der Waals surface area (Å²) in [6, 6.07) is 2.09. The lowest BCUT2D eigenvalue weighted by Gasteiger charge is -2.41. The molecule has 108 valence electrons. The van der Waals surface area contributed by atoms with E-state index in [4.69, 9.17) is 0 Å². The van der Waals surface area contributed by atoms with Crippen molar-refractivity contribution in [2.45, 2.75) is 32.7 Å². The van der Waals surface area contributed by atoms with Crippen LogP contribution in [0.5, 0.6) is 0 Å². The lowest BCUT2D eigenvalue weighted by Crippen LogP contribution is -2.57. The van der Waals surface area contributed by atoms with E-state index < -0.39 is 0 Å². The van der Waals surface area contributed by atoms with Crippen LogP contribution in [0.15, 0.2) is 12.3 Å². The highest BCUT2D eigenvalue weighted by atomic mass is 16.2. The van der Waals surface area contributed by atoms with Crippen LogP contribution in [0.25, 0.3) is 0 Å². The third-order valence-corrected chi connectivity index (χ3v) is 4.14. The Morgan fingerprint density at radius 1 is 1.40 bits per heavy atom. The fraction of sp³-hybridized carbons (Fsp3) is 0.600. The molecule has 0 atom stereocenters. The van der Waals surface area contributed by atoms with Gasteiger partial charge in [-0.15, -0.1) is 0 Å². The molecule has 0 radical (unpaired) electrons. The first kappa shape index (κ1) is 13.4. The fourth-order valence-corrected chi connectivity index (χ4v) is 3.22. The number of piperazine rings is 1. The van der Waals surface area contributed by atoms with Gasteiger partial charge in [0.25, 0.3) is 0 Å². The van der Waals surface area contributed by atoms with E-state index in [9.17, 15) is 4.79 Å². The zero-order valence-electron chi connectivity index (χ0n) is 12.4. The first-order valence-corrected chi connectivity index (χ1v) is 7.24. The second-order valence-corrected chi connectivity index (χ2v) is 6.29. The average molecular weight is 274 g/mol. The monoisotopic (exact) mass is 274 g/mol. The number of nitrogens with one attached hydrogen (secondary N) is 1. The number of nitrogens with zero attached hydrogens (tertiary/aromatic N) is 3. The summed E-state index contributed by atoms with van der Waals surface area (Å²) in [5, 5.41) is 3.53. The highest BCUT2D eigenvalue weighted by Gasteiger charge is 2.31. The zero-order valence-corrected chi connectivity index (χ0v) is 12.4. The lowest BCUT2D eigenvalue weighted by atomic mass is 10.0. The van der Waals surface area contributed by atoms with Gasteiger partial charge in [-0.1, -0.05) is 0 Å². The molecule has 1 fully saturated rings. The van der Waals surface area contributed by atoms with Crippen molar-refractivity contribution >= 4 is 17.4 Å². The van der Waals surface area contributed by atoms with Crippen molar-refractivity contribution in [1.82, 2.24) is 10.3 Å². The van der Waals surface area contributed by atoms with Crippen LogP contribution in [0.3, 0.4) is 0 Å². The smallest absolute Gasteiger partial charge is 0.225 e. The van der Waals surface area contributed by atoms with E-state index >= 15 is 0 Å². The largest absolute Gasteiger partial charge is 0.368 e. The number of hydrogen-bond donors (Lipinski definition) is 1. The number of fused-ring (bicyclic) bond motifs is 1. The van der Waals surface area contributed by atoms with Gasteiger partial charge in [-0.2, -0.15) is 0 Å². The molecule has 0 bridgehead atoms. The topological polar surface area (TPSA) is 48.5 Å². The molecule has 1 aromatic rings. The zero-order chi connectivity index (χ0) is 14.3. The first-order valence-electron chi connectivity index (χ1n) is 7.24. The molecule has 3 heterocycles. The van der Waals surface area contributed by atoms with Gasteiger partial charge in [0.2, 0.25) is 5.91 Å². The number of aromatic nitrogens is 1. The minimum atomic E-state index is 0.0778.